The van der Waals surface area contributed by atoms with E-state index in [1.807, 2.05) is 0 Å². The fourth-order valence-corrected chi connectivity index (χ4v) is 16.2. The third kappa shape index (κ3) is 7.90. The maximum Gasteiger partial charge on any atom is 0.252 e. The van der Waals surface area contributed by atoms with Gasteiger partial charge in [0.25, 0.3) is 6.71 Å². The van der Waals surface area contributed by atoms with E-state index in [-0.39, 0.29) is 28.4 Å². The van der Waals surface area contributed by atoms with Crippen molar-refractivity contribution in [3.8, 4) is 33.4 Å². The molecule has 3 heteroatoms. The molecule has 1 spiro atoms. The SMILES string of the molecule is CC(C)(C)c1cc(N2c3cc4c(ccc5ccccc54)cc3B3c4cc5ccc6ccccc6c5cc4N(c4cc(C(C)(C)C)cc(C(C)(C)C)c4)c4cc(-c5ccc6c(c5)-c5ccccc5C65c6ccccc6-c6ccccc65)cc2c43)cc(C(C)(C)C)c1. The van der Waals surface area contributed by atoms with Gasteiger partial charge in [0, 0.05) is 34.1 Å². The molecule has 2 aliphatic carbocycles. The molecule has 2 aliphatic heterocycles. The van der Waals surface area contributed by atoms with Gasteiger partial charge in [-0.15, -0.1) is 0 Å². The Kier molecular flexibility index (Phi) is 11.4. The van der Waals surface area contributed by atoms with E-state index < -0.39 is 5.41 Å². The van der Waals surface area contributed by atoms with E-state index in [4.69, 9.17) is 0 Å². The summed E-state index contributed by atoms with van der Waals surface area (Å²) in [5.74, 6) is 0. The van der Waals surface area contributed by atoms with Crippen molar-refractivity contribution in [2.75, 3.05) is 9.80 Å². The van der Waals surface area contributed by atoms with Crippen LogP contribution in [-0.2, 0) is 27.1 Å². The summed E-state index contributed by atoms with van der Waals surface area (Å²) in [7, 11) is 0. The van der Waals surface area contributed by atoms with Gasteiger partial charge in [0.1, 0.15) is 0 Å². The number of benzene rings is 13. The van der Waals surface area contributed by atoms with Crippen LogP contribution in [0.4, 0.5) is 34.1 Å². The summed E-state index contributed by atoms with van der Waals surface area (Å²) < 4.78 is 0. The molecule has 2 nitrogen and oxygen atoms in total. The number of rotatable bonds is 3. The molecule has 0 saturated carbocycles. The second-order valence-electron chi connectivity index (χ2n) is 30.6. The lowest BCUT2D eigenvalue weighted by atomic mass is 9.33. The van der Waals surface area contributed by atoms with Gasteiger partial charge in [0.15, 0.2) is 0 Å². The highest BCUT2D eigenvalue weighted by molar-refractivity contribution is 7.00. The molecular formula is C87H75BN2. The second kappa shape index (κ2) is 18.8. The van der Waals surface area contributed by atoms with Gasteiger partial charge >= 0.3 is 0 Å². The van der Waals surface area contributed by atoms with E-state index >= 15 is 0 Å². The van der Waals surface area contributed by atoms with Crippen molar-refractivity contribution in [3.63, 3.8) is 0 Å². The van der Waals surface area contributed by atoms with Gasteiger partial charge in [-0.3, -0.25) is 0 Å². The van der Waals surface area contributed by atoms with Crippen molar-refractivity contribution in [1.29, 1.82) is 0 Å². The Morgan fingerprint density at radius 3 is 1.07 bits per heavy atom. The lowest BCUT2D eigenvalue weighted by Gasteiger charge is -2.45. The normalized spacial score (nSPS) is 14.5. The molecule has 2 heterocycles. The Labute approximate surface area is 531 Å². The first-order valence-electron chi connectivity index (χ1n) is 32.6. The molecule has 90 heavy (non-hydrogen) atoms. The van der Waals surface area contributed by atoms with Crippen LogP contribution in [0.2, 0.25) is 0 Å². The van der Waals surface area contributed by atoms with Crippen molar-refractivity contribution in [1.82, 2.24) is 0 Å². The third-order valence-electron chi connectivity index (χ3n) is 20.9. The van der Waals surface area contributed by atoms with E-state index in [0.29, 0.717) is 0 Å². The van der Waals surface area contributed by atoms with Gasteiger partial charge in [0.2, 0.25) is 0 Å². The minimum absolute atomic E-state index is 0.122. The zero-order valence-electron chi connectivity index (χ0n) is 54.0. The molecule has 13 aromatic carbocycles. The average molecular weight is 1160 g/mol. The highest BCUT2D eigenvalue weighted by Gasteiger charge is 2.52. The zero-order valence-corrected chi connectivity index (χ0v) is 54.0. The first-order chi connectivity index (χ1) is 43.1. The van der Waals surface area contributed by atoms with E-state index in [9.17, 15) is 0 Å². The number of nitrogens with zero attached hydrogens (tertiary/aromatic N) is 2. The van der Waals surface area contributed by atoms with Crippen LogP contribution in [0.25, 0.3) is 76.5 Å². The number of fused-ring (bicyclic) bond motifs is 20. The summed E-state index contributed by atoms with van der Waals surface area (Å²) >= 11 is 0. The highest BCUT2D eigenvalue weighted by Crippen LogP contribution is 2.63. The third-order valence-corrected chi connectivity index (χ3v) is 20.9. The summed E-state index contributed by atoms with van der Waals surface area (Å²) in [6.07, 6.45) is 0. The predicted octanol–water partition coefficient (Wildman–Crippen LogP) is 21.6. The van der Waals surface area contributed by atoms with Crippen molar-refractivity contribution < 1.29 is 0 Å². The van der Waals surface area contributed by atoms with E-state index in [2.05, 4.69) is 329 Å². The maximum atomic E-state index is 2.70. The van der Waals surface area contributed by atoms with Gasteiger partial charge in [-0.25, -0.2) is 0 Å². The number of anilines is 6. The Hall–Kier alpha value is -9.44. The monoisotopic (exact) mass is 1160 g/mol. The number of hydrogen-bond acceptors (Lipinski definition) is 2. The number of hydrogen-bond donors (Lipinski definition) is 0. The molecule has 0 saturated heterocycles. The van der Waals surface area contributed by atoms with Crippen LogP contribution in [0.5, 0.6) is 0 Å². The van der Waals surface area contributed by atoms with Gasteiger partial charge < -0.3 is 9.80 Å². The first-order valence-corrected chi connectivity index (χ1v) is 32.6. The molecule has 0 N–H and O–H groups in total. The van der Waals surface area contributed by atoms with Crippen LogP contribution in [0.1, 0.15) is 128 Å². The van der Waals surface area contributed by atoms with Gasteiger partial charge in [-0.05, 0) is 214 Å². The molecule has 0 atom stereocenters. The molecular weight excluding hydrogens is 1080 g/mol. The van der Waals surface area contributed by atoms with Gasteiger partial charge in [0.05, 0.1) is 5.41 Å². The largest absolute Gasteiger partial charge is 0.311 e. The summed E-state index contributed by atoms with van der Waals surface area (Å²) in [4.78, 5) is 5.40. The second-order valence-corrected chi connectivity index (χ2v) is 30.6. The maximum absolute atomic E-state index is 2.70. The standard InChI is InChI=1S/C87H75BN2/c1-83(2,3)58-44-59(84(4,5)6)47-62(46-58)89-78-50-69-55(35-33-52-23-13-15-25-64(52)69)40-76(78)88-77-41-56-36-34-53-24-14-16-26-65(53)70(56)51-79(77)90(63-48-60(85(7,8)9)45-61(49-63)86(10,11)12)81-43-57(42-80(89)82(81)88)54-37-38-75-71(39-54)68-29-19-22-32-74(68)87(75)72-30-20-17-27-66(72)67-28-18-21-31-73(67)87/h13-51H,1-12H3. The Morgan fingerprint density at radius 1 is 0.278 bits per heavy atom. The van der Waals surface area contributed by atoms with E-state index in [0.717, 1.165) is 0 Å². The Morgan fingerprint density at radius 2 is 0.644 bits per heavy atom. The summed E-state index contributed by atoms with van der Waals surface area (Å²) in [5.41, 5.74) is 28.5. The minimum Gasteiger partial charge on any atom is -0.311 e. The highest BCUT2D eigenvalue weighted by atomic mass is 15.2. The van der Waals surface area contributed by atoms with Crippen molar-refractivity contribution >= 4 is 100 Å². The van der Waals surface area contributed by atoms with Crippen molar-refractivity contribution in [2.45, 2.75) is 110 Å². The average Bonchev–Trinajstić information content (AvgIpc) is 1.26. The molecule has 0 unspecified atom stereocenters. The van der Waals surface area contributed by atoms with Crippen LogP contribution in [0.15, 0.2) is 237 Å². The lowest BCUT2D eigenvalue weighted by Crippen LogP contribution is -2.61. The molecule has 4 aliphatic rings. The molecule has 0 amide bonds. The topological polar surface area (TPSA) is 6.48 Å². The summed E-state index contributed by atoms with van der Waals surface area (Å²) in [5, 5.41) is 10.0. The van der Waals surface area contributed by atoms with E-state index in [1.54, 1.807) is 0 Å². The summed E-state index contributed by atoms with van der Waals surface area (Å²) in [6.45, 7) is 28.4. The fourth-order valence-electron chi connectivity index (χ4n) is 16.2. The molecule has 436 valence electrons. The lowest BCUT2D eigenvalue weighted by molar-refractivity contribution is 0.568. The van der Waals surface area contributed by atoms with Crippen molar-refractivity contribution in [2.24, 2.45) is 0 Å². The van der Waals surface area contributed by atoms with Gasteiger partial charge in [-0.1, -0.05) is 265 Å². The molecule has 13 aromatic rings. The molecule has 0 aromatic heterocycles. The molecule has 0 fully saturated rings. The smallest absolute Gasteiger partial charge is 0.252 e. The van der Waals surface area contributed by atoms with Crippen LogP contribution < -0.4 is 26.2 Å². The van der Waals surface area contributed by atoms with E-state index in [1.165, 1.54) is 171 Å². The minimum atomic E-state index is -0.445. The van der Waals surface area contributed by atoms with Crippen LogP contribution in [0, 0.1) is 0 Å². The quantitative estimate of drug-likeness (QED) is 0.128. The summed E-state index contributed by atoms with van der Waals surface area (Å²) in [6, 6.07) is 92.9. The van der Waals surface area contributed by atoms with Crippen LogP contribution in [-0.4, -0.2) is 6.71 Å². The molecule has 0 radical (unpaired) electrons. The Bertz CT molecular complexity index is 4920. The fraction of sp³-hybridized carbons (Fsp3) is 0.195. The van der Waals surface area contributed by atoms with Gasteiger partial charge in [-0.2, -0.15) is 0 Å². The molecule has 17 rings (SSSR count). The zero-order chi connectivity index (χ0) is 61.7. The first kappa shape index (κ1) is 54.7. The van der Waals surface area contributed by atoms with Crippen molar-refractivity contribution in [3.05, 3.63) is 281 Å². The van der Waals surface area contributed by atoms with Crippen LogP contribution in [0.3, 0.4) is 0 Å². The predicted molar refractivity (Wildman–Crippen MR) is 387 cm³/mol. The Balaban J connectivity index is 1.03. The van der Waals surface area contributed by atoms with Crippen LogP contribution >= 0.6 is 0 Å². The molecule has 0 bridgehead atoms.